The lowest BCUT2D eigenvalue weighted by molar-refractivity contribution is 0.0526. The van der Waals surface area contributed by atoms with Crippen LogP contribution in [0.4, 0.5) is 5.69 Å². The molecule has 0 spiro atoms. The Balaban J connectivity index is 1.62. The molecule has 1 fully saturated rings. The molecule has 154 valence electrons. The number of nitrogens with one attached hydrogen (secondary N) is 2. The maximum absolute atomic E-state index is 11.9. The Hall–Kier alpha value is -2.40. The highest BCUT2D eigenvalue weighted by atomic mass is 32.1. The molecule has 29 heavy (non-hydrogen) atoms. The zero-order valence-corrected chi connectivity index (χ0v) is 18.1. The van der Waals surface area contributed by atoms with Gasteiger partial charge < -0.3 is 15.4 Å². The summed E-state index contributed by atoms with van der Waals surface area (Å²) in [4.78, 5) is 11.9. The molecule has 2 aromatic carbocycles. The van der Waals surface area contributed by atoms with Crippen molar-refractivity contribution in [1.29, 1.82) is 0 Å². The first-order valence-corrected chi connectivity index (χ1v) is 10.8. The molecule has 1 aliphatic rings. The number of esters is 1. The zero-order valence-electron chi connectivity index (χ0n) is 17.3. The molecular formula is C24H30N2O2S. The molecule has 2 aromatic rings. The van der Waals surface area contributed by atoms with Crippen LogP contribution in [0, 0.1) is 6.92 Å². The zero-order chi connectivity index (χ0) is 20.7. The molecule has 2 N–H and O–H groups in total. The summed E-state index contributed by atoms with van der Waals surface area (Å²) < 4.78 is 5.07. The summed E-state index contributed by atoms with van der Waals surface area (Å²) in [5, 5.41) is 7.60. The van der Waals surface area contributed by atoms with Crippen molar-refractivity contribution in [1.82, 2.24) is 5.32 Å². The van der Waals surface area contributed by atoms with Crippen LogP contribution in [0.25, 0.3) is 0 Å². The maximum atomic E-state index is 11.9. The van der Waals surface area contributed by atoms with Crippen molar-refractivity contribution in [3.63, 3.8) is 0 Å². The molecule has 0 atom stereocenters. The molecule has 0 amide bonds. The molecule has 4 nitrogen and oxygen atoms in total. The van der Waals surface area contributed by atoms with Gasteiger partial charge in [0.05, 0.1) is 12.2 Å². The number of hydrogen-bond acceptors (Lipinski definition) is 3. The van der Waals surface area contributed by atoms with E-state index < -0.39 is 0 Å². The van der Waals surface area contributed by atoms with Crippen LogP contribution in [-0.2, 0) is 11.2 Å². The second-order valence-electron chi connectivity index (χ2n) is 7.80. The molecule has 0 heterocycles. The molecular weight excluding hydrogens is 380 g/mol. The van der Waals surface area contributed by atoms with Crippen molar-refractivity contribution in [2.75, 3.05) is 11.9 Å². The van der Waals surface area contributed by atoms with E-state index >= 15 is 0 Å². The Morgan fingerprint density at radius 3 is 2.52 bits per heavy atom. The average molecular weight is 411 g/mol. The van der Waals surface area contributed by atoms with Gasteiger partial charge >= 0.3 is 5.97 Å². The summed E-state index contributed by atoms with van der Waals surface area (Å²) in [5.74, 6) is -0.298. The normalized spacial score (nSPS) is 15.0. The van der Waals surface area contributed by atoms with Gasteiger partial charge in [0, 0.05) is 11.2 Å². The number of rotatable bonds is 7. The van der Waals surface area contributed by atoms with E-state index in [0.29, 0.717) is 17.3 Å². The number of thiocarbonyl (C=S) groups is 1. The van der Waals surface area contributed by atoms with Gasteiger partial charge in [-0.15, -0.1) is 0 Å². The summed E-state index contributed by atoms with van der Waals surface area (Å²) in [6.45, 7) is 4.15. The summed E-state index contributed by atoms with van der Waals surface area (Å²) in [7, 11) is 0. The van der Waals surface area contributed by atoms with Gasteiger partial charge in [-0.05, 0) is 81.1 Å². The quantitative estimate of drug-likeness (QED) is 0.472. The number of benzene rings is 2. The number of aryl methyl sites for hydroxylation is 2. The monoisotopic (exact) mass is 410 g/mol. The molecule has 0 saturated heterocycles. The minimum Gasteiger partial charge on any atom is -0.462 e. The van der Waals surface area contributed by atoms with Crippen LogP contribution in [0.3, 0.4) is 0 Å². The van der Waals surface area contributed by atoms with Crippen LogP contribution >= 0.6 is 12.2 Å². The van der Waals surface area contributed by atoms with Crippen LogP contribution in [-0.4, -0.2) is 23.2 Å². The molecule has 1 aliphatic carbocycles. The van der Waals surface area contributed by atoms with Gasteiger partial charge in [0.2, 0.25) is 0 Å². The fraction of sp³-hybridized carbons (Fsp3) is 0.417. The van der Waals surface area contributed by atoms with Crippen molar-refractivity contribution in [3.05, 3.63) is 65.2 Å². The Kier molecular flexibility index (Phi) is 7.26. The highest BCUT2D eigenvalue weighted by Crippen LogP contribution is 2.34. The fourth-order valence-electron chi connectivity index (χ4n) is 4.06. The van der Waals surface area contributed by atoms with Crippen LogP contribution < -0.4 is 10.6 Å². The fourth-order valence-corrected chi connectivity index (χ4v) is 4.38. The predicted molar refractivity (Wildman–Crippen MR) is 122 cm³/mol. The van der Waals surface area contributed by atoms with Crippen molar-refractivity contribution >= 4 is 29.0 Å². The lowest BCUT2D eigenvalue weighted by atomic mass is 9.89. The van der Waals surface area contributed by atoms with E-state index in [0.717, 1.165) is 36.9 Å². The summed E-state index contributed by atoms with van der Waals surface area (Å²) in [6, 6.07) is 16.1. The second kappa shape index (κ2) is 9.88. The van der Waals surface area contributed by atoms with Crippen molar-refractivity contribution in [2.45, 2.75) is 57.9 Å². The number of hydrogen-bond donors (Lipinski definition) is 2. The van der Waals surface area contributed by atoms with Gasteiger partial charge in [-0.2, -0.15) is 0 Å². The van der Waals surface area contributed by atoms with E-state index in [9.17, 15) is 4.79 Å². The van der Waals surface area contributed by atoms with Crippen molar-refractivity contribution in [3.8, 4) is 0 Å². The lowest BCUT2D eigenvalue weighted by Gasteiger charge is -2.32. The van der Waals surface area contributed by atoms with E-state index in [2.05, 4.69) is 41.0 Å². The molecule has 5 heteroatoms. The van der Waals surface area contributed by atoms with Crippen LogP contribution in [0.5, 0.6) is 0 Å². The molecule has 0 aromatic heterocycles. The van der Waals surface area contributed by atoms with Gasteiger partial charge in [0.25, 0.3) is 0 Å². The van der Waals surface area contributed by atoms with Gasteiger partial charge in [0.15, 0.2) is 5.11 Å². The van der Waals surface area contributed by atoms with Gasteiger partial charge in [0.1, 0.15) is 0 Å². The Morgan fingerprint density at radius 2 is 1.86 bits per heavy atom. The van der Waals surface area contributed by atoms with Gasteiger partial charge in [-0.25, -0.2) is 4.79 Å². The molecule has 1 saturated carbocycles. The highest BCUT2D eigenvalue weighted by molar-refractivity contribution is 7.80. The van der Waals surface area contributed by atoms with Crippen LogP contribution in [0.2, 0.25) is 0 Å². The smallest absolute Gasteiger partial charge is 0.338 e. The Bertz CT molecular complexity index is 845. The first-order chi connectivity index (χ1) is 14.0. The highest BCUT2D eigenvalue weighted by Gasteiger charge is 2.34. The summed E-state index contributed by atoms with van der Waals surface area (Å²) in [5.41, 5.74) is 3.85. The molecule has 3 rings (SSSR count). The number of ether oxygens (including phenoxy) is 1. The van der Waals surface area contributed by atoms with Crippen LogP contribution in [0.15, 0.2) is 48.5 Å². The van der Waals surface area contributed by atoms with Gasteiger partial charge in [-0.3, -0.25) is 0 Å². The van der Waals surface area contributed by atoms with E-state index in [4.69, 9.17) is 17.0 Å². The maximum Gasteiger partial charge on any atom is 0.338 e. The summed E-state index contributed by atoms with van der Waals surface area (Å²) >= 11 is 5.65. The minimum atomic E-state index is -0.298. The number of carbonyl (C=O) groups excluding carboxylic acids is 1. The SMILES string of the molecule is CCOC(=O)c1ccc(NC(=S)NC2(CCc3ccccc3)CCCC2)c(C)c1. The van der Waals surface area contributed by atoms with Crippen LogP contribution in [0.1, 0.15) is 60.5 Å². The first-order valence-electron chi connectivity index (χ1n) is 10.4. The van der Waals surface area contributed by atoms with E-state index in [1.165, 1.54) is 18.4 Å². The predicted octanol–water partition coefficient (Wildman–Crippen LogP) is 5.40. The van der Waals surface area contributed by atoms with Gasteiger partial charge in [-0.1, -0.05) is 43.2 Å². The Morgan fingerprint density at radius 1 is 1.14 bits per heavy atom. The minimum absolute atomic E-state index is 0.0543. The molecule has 0 unspecified atom stereocenters. The second-order valence-corrected chi connectivity index (χ2v) is 8.21. The average Bonchev–Trinajstić information content (AvgIpc) is 3.17. The van der Waals surface area contributed by atoms with E-state index in [1.54, 1.807) is 13.0 Å². The third kappa shape index (κ3) is 5.80. The largest absolute Gasteiger partial charge is 0.462 e. The standard InChI is InChI=1S/C24H30N2O2S/c1-3-28-22(27)20-11-12-21(18(2)17-20)25-23(29)26-24(14-7-8-15-24)16-13-19-9-5-4-6-10-19/h4-6,9-12,17H,3,7-8,13-16H2,1-2H3,(H2,25,26,29). The van der Waals surface area contributed by atoms with E-state index in [1.807, 2.05) is 19.1 Å². The van der Waals surface area contributed by atoms with Crippen molar-refractivity contribution < 1.29 is 9.53 Å². The molecule has 0 aliphatic heterocycles. The summed E-state index contributed by atoms with van der Waals surface area (Å²) in [6.07, 6.45) is 6.86. The Labute approximate surface area is 179 Å². The third-order valence-electron chi connectivity index (χ3n) is 5.66. The number of carbonyl (C=O) groups is 1. The topological polar surface area (TPSA) is 50.4 Å². The van der Waals surface area contributed by atoms with Crippen molar-refractivity contribution in [2.24, 2.45) is 0 Å². The van der Waals surface area contributed by atoms with E-state index in [-0.39, 0.29) is 11.5 Å². The lowest BCUT2D eigenvalue weighted by Crippen LogP contribution is -2.48. The first kappa shape index (κ1) is 21.3. The molecule has 0 bridgehead atoms. The third-order valence-corrected chi connectivity index (χ3v) is 5.86. The molecule has 0 radical (unpaired) electrons. The number of anilines is 1.